The maximum atomic E-state index is 9.23. The average Bonchev–Trinajstić information content (AvgIpc) is 2.99. The normalized spacial score (nSPS) is 10.9. The van der Waals surface area contributed by atoms with Crippen LogP contribution < -0.4 is 0 Å². The maximum Gasteiger partial charge on any atom is 0.222 e. The minimum absolute atomic E-state index is 0.0579. The van der Waals surface area contributed by atoms with Crippen molar-refractivity contribution in [2.24, 2.45) is 0 Å². The van der Waals surface area contributed by atoms with Gasteiger partial charge in [0.05, 0.1) is 22.5 Å². The Balaban J connectivity index is 1.86. The monoisotopic (exact) mass is 342 g/mol. The van der Waals surface area contributed by atoms with E-state index in [-0.39, 0.29) is 5.88 Å². The van der Waals surface area contributed by atoms with Gasteiger partial charge in [-0.3, -0.25) is 0 Å². The van der Waals surface area contributed by atoms with Crippen LogP contribution in [0, 0.1) is 0 Å². The first-order chi connectivity index (χ1) is 9.61. The van der Waals surface area contributed by atoms with E-state index in [1.165, 1.54) is 11.3 Å². The molecule has 3 rings (SSSR count). The highest BCUT2D eigenvalue weighted by molar-refractivity contribution is 7.11. The number of hydrogen-bond donors (Lipinski definition) is 1. The number of benzene rings is 1. The molecule has 20 heavy (non-hydrogen) atoms. The highest BCUT2D eigenvalue weighted by atomic mass is 35.5. The number of aromatic hydroxyl groups is 1. The summed E-state index contributed by atoms with van der Waals surface area (Å²) in [5.74, 6) is 0.0579. The first-order valence-corrected chi connectivity index (χ1v) is 8.16. The molecule has 3 nitrogen and oxygen atoms in total. The van der Waals surface area contributed by atoms with Gasteiger partial charge >= 0.3 is 0 Å². The van der Waals surface area contributed by atoms with Gasteiger partial charge in [-0.2, -0.15) is 0 Å². The van der Waals surface area contributed by atoms with Crippen LogP contribution in [0.3, 0.4) is 0 Å². The number of hydrogen-bond acceptors (Lipinski definition) is 5. The van der Waals surface area contributed by atoms with E-state index in [9.17, 15) is 5.11 Å². The summed E-state index contributed by atoms with van der Waals surface area (Å²) >= 11 is 15.0. The van der Waals surface area contributed by atoms with Crippen LogP contribution in [0.2, 0.25) is 10.0 Å². The van der Waals surface area contributed by atoms with Crippen molar-refractivity contribution in [2.45, 2.75) is 6.42 Å². The van der Waals surface area contributed by atoms with E-state index in [1.807, 2.05) is 11.4 Å². The molecule has 1 N–H and O–H groups in total. The zero-order valence-corrected chi connectivity index (χ0v) is 13.2. The van der Waals surface area contributed by atoms with Crippen molar-refractivity contribution in [1.82, 2.24) is 9.97 Å². The van der Waals surface area contributed by atoms with Crippen LogP contribution in [-0.4, -0.2) is 15.1 Å². The number of thiazole rings is 2. The minimum Gasteiger partial charge on any atom is -0.493 e. The van der Waals surface area contributed by atoms with Gasteiger partial charge in [0.25, 0.3) is 0 Å². The van der Waals surface area contributed by atoms with Crippen LogP contribution >= 0.6 is 45.9 Å². The molecule has 2 aromatic heterocycles. The smallest absolute Gasteiger partial charge is 0.222 e. The van der Waals surface area contributed by atoms with E-state index in [2.05, 4.69) is 9.97 Å². The third-order valence-electron chi connectivity index (χ3n) is 2.60. The molecule has 0 aliphatic rings. The predicted octanol–water partition coefficient (Wildman–Crippen LogP) is 4.87. The van der Waals surface area contributed by atoms with Crippen molar-refractivity contribution in [3.05, 3.63) is 49.0 Å². The topological polar surface area (TPSA) is 46.0 Å². The van der Waals surface area contributed by atoms with E-state index in [1.54, 1.807) is 28.8 Å². The molecule has 0 amide bonds. The van der Waals surface area contributed by atoms with Gasteiger partial charge in [0, 0.05) is 16.0 Å². The molecule has 2 heterocycles. The van der Waals surface area contributed by atoms with E-state index >= 15 is 0 Å². The molecular formula is C13H8Cl2N2OS2. The first kappa shape index (κ1) is 13.8. The van der Waals surface area contributed by atoms with Gasteiger partial charge in [0.1, 0.15) is 10.0 Å². The number of halogens is 2. The van der Waals surface area contributed by atoms with Crippen LogP contribution in [0.25, 0.3) is 11.3 Å². The summed E-state index contributed by atoms with van der Waals surface area (Å²) < 4.78 is 0. The van der Waals surface area contributed by atoms with Crippen LogP contribution in [0.15, 0.2) is 29.0 Å². The van der Waals surface area contributed by atoms with Crippen molar-refractivity contribution in [2.75, 3.05) is 0 Å². The molecule has 0 unspecified atom stereocenters. The lowest BCUT2D eigenvalue weighted by Gasteiger charge is -2.00. The van der Waals surface area contributed by atoms with Crippen LogP contribution in [-0.2, 0) is 6.42 Å². The van der Waals surface area contributed by atoms with Gasteiger partial charge in [-0.1, -0.05) is 23.2 Å². The molecule has 0 saturated carbocycles. The Hall–Kier alpha value is -1.14. The molecular weight excluding hydrogens is 335 g/mol. The Morgan fingerprint density at radius 3 is 2.50 bits per heavy atom. The first-order valence-electron chi connectivity index (χ1n) is 5.65. The fraction of sp³-hybridized carbons (Fsp3) is 0.0769. The summed E-state index contributed by atoms with van der Waals surface area (Å²) in [4.78, 5) is 8.57. The Morgan fingerprint density at radius 1 is 1.05 bits per heavy atom. The molecule has 0 radical (unpaired) electrons. The molecule has 0 fully saturated rings. The van der Waals surface area contributed by atoms with Crippen LogP contribution in [0.5, 0.6) is 5.88 Å². The molecule has 7 heteroatoms. The van der Waals surface area contributed by atoms with Gasteiger partial charge in [-0.05, 0) is 18.2 Å². The molecule has 0 aliphatic heterocycles. The van der Waals surface area contributed by atoms with Gasteiger partial charge in [-0.25, -0.2) is 9.97 Å². The summed E-state index contributed by atoms with van der Waals surface area (Å²) in [7, 11) is 0. The molecule has 0 aliphatic carbocycles. The molecule has 0 atom stereocenters. The summed E-state index contributed by atoms with van der Waals surface area (Å²) in [6.45, 7) is 0. The SMILES string of the molecule is Oc1csc(Cc2nc(-c3ccc(Cl)cc3Cl)cs2)n1. The lowest BCUT2D eigenvalue weighted by Crippen LogP contribution is -1.87. The molecule has 1 aromatic carbocycles. The molecule has 3 aromatic rings. The van der Waals surface area contributed by atoms with Gasteiger partial charge in [-0.15, -0.1) is 22.7 Å². The lowest BCUT2D eigenvalue weighted by atomic mass is 10.2. The fourth-order valence-corrected chi connectivity index (χ4v) is 3.78. The quantitative estimate of drug-likeness (QED) is 0.738. The fourth-order valence-electron chi connectivity index (χ4n) is 1.72. The van der Waals surface area contributed by atoms with E-state index in [0.29, 0.717) is 16.5 Å². The van der Waals surface area contributed by atoms with E-state index < -0.39 is 0 Å². The third kappa shape index (κ3) is 2.96. The Labute approximate surface area is 133 Å². The Kier molecular flexibility index (Phi) is 3.94. The third-order valence-corrected chi connectivity index (χ3v) is 4.83. The lowest BCUT2D eigenvalue weighted by molar-refractivity contribution is 0.456. The standard InChI is InChI=1S/C13H8Cl2N2OS2/c14-7-1-2-8(9(15)3-7)10-5-19-12(16-10)4-13-17-11(18)6-20-13/h1-3,5-6,18H,4H2. The average molecular weight is 343 g/mol. The zero-order chi connectivity index (χ0) is 14.1. The highest BCUT2D eigenvalue weighted by Crippen LogP contribution is 2.31. The van der Waals surface area contributed by atoms with Gasteiger partial charge < -0.3 is 5.11 Å². The zero-order valence-electron chi connectivity index (χ0n) is 10.0. The van der Waals surface area contributed by atoms with Crippen molar-refractivity contribution >= 4 is 45.9 Å². The largest absolute Gasteiger partial charge is 0.493 e. The van der Waals surface area contributed by atoms with Gasteiger partial charge in [0.2, 0.25) is 5.88 Å². The van der Waals surface area contributed by atoms with Crippen molar-refractivity contribution in [3.63, 3.8) is 0 Å². The second-order valence-corrected chi connectivity index (χ2v) is 6.76. The van der Waals surface area contributed by atoms with E-state index in [4.69, 9.17) is 23.2 Å². The summed E-state index contributed by atoms with van der Waals surface area (Å²) in [6.07, 6.45) is 0.612. The minimum atomic E-state index is 0.0579. The maximum absolute atomic E-state index is 9.23. The molecule has 0 spiro atoms. The van der Waals surface area contributed by atoms with E-state index in [0.717, 1.165) is 21.3 Å². The summed E-state index contributed by atoms with van der Waals surface area (Å²) in [5, 5.41) is 15.8. The Bertz CT molecular complexity index is 754. The second kappa shape index (κ2) is 5.69. The second-order valence-electron chi connectivity index (χ2n) is 4.03. The molecule has 0 bridgehead atoms. The summed E-state index contributed by atoms with van der Waals surface area (Å²) in [5.41, 5.74) is 1.69. The number of rotatable bonds is 3. The molecule has 0 saturated heterocycles. The van der Waals surface area contributed by atoms with Crippen molar-refractivity contribution < 1.29 is 5.11 Å². The number of nitrogens with zero attached hydrogens (tertiary/aromatic N) is 2. The summed E-state index contributed by atoms with van der Waals surface area (Å²) in [6, 6.07) is 5.36. The predicted molar refractivity (Wildman–Crippen MR) is 84.2 cm³/mol. The number of aromatic nitrogens is 2. The van der Waals surface area contributed by atoms with Crippen molar-refractivity contribution in [3.8, 4) is 17.1 Å². The van der Waals surface area contributed by atoms with Crippen LogP contribution in [0.4, 0.5) is 0 Å². The Morgan fingerprint density at radius 2 is 1.80 bits per heavy atom. The molecule has 102 valence electrons. The highest BCUT2D eigenvalue weighted by Gasteiger charge is 2.10. The van der Waals surface area contributed by atoms with Crippen LogP contribution in [0.1, 0.15) is 10.0 Å². The van der Waals surface area contributed by atoms with Gasteiger partial charge in [0.15, 0.2) is 0 Å². The van der Waals surface area contributed by atoms with Crippen molar-refractivity contribution in [1.29, 1.82) is 0 Å².